The summed E-state index contributed by atoms with van der Waals surface area (Å²) in [5.74, 6) is 0.501. The molecule has 1 aromatic heterocycles. The number of rotatable bonds is 3. The Morgan fingerprint density at radius 3 is 2.48 bits per heavy atom. The molecule has 0 unspecified atom stereocenters. The summed E-state index contributed by atoms with van der Waals surface area (Å²) < 4.78 is 1.46. The maximum Gasteiger partial charge on any atom is 0.334 e. The van der Waals surface area contributed by atoms with E-state index < -0.39 is 11.2 Å². The van der Waals surface area contributed by atoms with E-state index in [-0.39, 0.29) is 0 Å². The van der Waals surface area contributed by atoms with E-state index in [1.807, 2.05) is 24.3 Å². The van der Waals surface area contributed by atoms with Crippen LogP contribution >= 0.6 is 23.2 Å². The van der Waals surface area contributed by atoms with Gasteiger partial charge in [0.15, 0.2) is 0 Å². The molecule has 138 valence electrons. The molecule has 0 fully saturated rings. The Labute approximate surface area is 165 Å². The molecule has 27 heavy (non-hydrogen) atoms. The first-order valence-electron chi connectivity index (χ1n) is 8.37. The quantitative estimate of drug-likeness (QED) is 0.705. The normalized spacial score (nSPS) is 13.9. The second-order valence-electron chi connectivity index (χ2n) is 6.31. The number of nitrogens with one attached hydrogen (secondary N) is 2. The van der Waals surface area contributed by atoms with Crippen LogP contribution in [0.1, 0.15) is 11.1 Å². The van der Waals surface area contributed by atoms with Crippen LogP contribution in [0, 0.1) is 0 Å². The van der Waals surface area contributed by atoms with Crippen LogP contribution in [-0.2, 0) is 13.1 Å². The second kappa shape index (κ2) is 7.23. The van der Waals surface area contributed by atoms with Gasteiger partial charge in [0.1, 0.15) is 5.82 Å². The van der Waals surface area contributed by atoms with Gasteiger partial charge in [-0.2, -0.15) is 0 Å². The molecule has 0 spiro atoms. The molecule has 0 aliphatic carbocycles. The van der Waals surface area contributed by atoms with E-state index in [1.165, 1.54) is 4.57 Å². The Balaban J connectivity index is 1.71. The maximum absolute atomic E-state index is 12.4. The van der Waals surface area contributed by atoms with E-state index in [4.69, 9.17) is 23.2 Å². The Bertz CT molecular complexity index is 1110. The van der Waals surface area contributed by atoms with E-state index in [2.05, 4.69) is 15.2 Å². The topological polar surface area (TPSA) is 70.1 Å². The van der Waals surface area contributed by atoms with E-state index in [9.17, 15) is 9.59 Å². The van der Waals surface area contributed by atoms with E-state index in [1.54, 1.807) is 24.3 Å². The van der Waals surface area contributed by atoms with Crippen LogP contribution in [0.2, 0.25) is 10.0 Å². The number of aromatic nitrogens is 2. The number of hydrogen-bond donors (Lipinski definition) is 2. The molecule has 0 saturated carbocycles. The number of halogens is 2. The van der Waals surface area contributed by atoms with Crippen molar-refractivity contribution >= 4 is 29.0 Å². The predicted molar refractivity (Wildman–Crippen MR) is 107 cm³/mol. The lowest BCUT2D eigenvalue weighted by molar-refractivity contribution is 0.263. The molecule has 0 atom stereocenters. The van der Waals surface area contributed by atoms with Crippen molar-refractivity contribution < 1.29 is 0 Å². The molecule has 2 N–H and O–H groups in total. The third-order valence-electron chi connectivity index (χ3n) is 4.50. The van der Waals surface area contributed by atoms with Crippen LogP contribution in [0.15, 0.2) is 58.1 Å². The molecular weight excluding hydrogens is 387 g/mol. The summed E-state index contributed by atoms with van der Waals surface area (Å²) in [5.41, 5.74) is 1.23. The highest BCUT2D eigenvalue weighted by Crippen LogP contribution is 2.24. The molecule has 0 amide bonds. The molecule has 4 rings (SSSR count). The third-order valence-corrected chi connectivity index (χ3v) is 5.12. The maximum atomic E-state index is 12.4. The summed E-state index contributed by atoms with van der Waals surface area (Å²) >= 11 is 12.2. The molecule has 3 aromatic rings. The molecule has 0 radical (unpaired) electrons. The first-order valence-corrected chi connectivity index (χ1v) is 9.12. The standard InChI is InChI=1S/C19H16Cl2N4O2/c20-13-5-7-14(8-6-13)25-17-15(18(26)23-19(25)27)10-24(11-22-17)9-12-3-1-2-4-16(12)21/h1-8,22H,9-11H2,(H,23,26,27). The van der Waals surface area contributed by atoms with Crippen molar-refractivity contribution in [1.82, 2.24) is 14.5 Å². The SMILES string of the molecule is O=c1[nH]c(=O)n(-c2ccc(Cl)cc2)c2c1CN(Cc1ccccc1Cl)CN2. The van der Waals surface area contributed by atoms with Gasteiger partial charge < -0.3 is 5.32 Å². The van der Waals surface area contributed by atoms with Crippen molar-refractivity contribution in [3.8, 4) is 5.69 Å². The van der Waals surface area contributed by atoms with E-state index in [0.29, 0.717) is 46.9 Å². The molecule has 6 nitrogen and oxygen atoms in total. The van der Waals surface area contributed by atoms with Crippen LogP contribution in [0.5, 0.6) is 0 Å². The van der Waals surface area contributed by atoms with Gasteiger partial charge in [0, 0.05) is 23.1 Å². The van der Waals surface area contributed by atoms with Gasteiger partial charge in [-0.15, -0.1) is 0 Å². The van der Waals surface area contributed by atoms with Crippen molar-refractivity contribution in [3.63, 3.8) is 0 Å². The van der Waals surface area contributed by atoms with E-state index >= 15 is 0 Å². The Kier molecular flexibility index (Phi) is 4.78. The summed E-state index contributed by atoms with van der Waals surface area (Å²) in [7, 11) is 0. The molecule has 1 aliphatic rings. The van der Waals surface area contributed by atoms with E-state index in [0.717, 1.165) is 5.56 Å². The van der Waals surface area contributed by atoms with Gasteiger partial charge in [0.05, 0.1) is 17.9 Å². The zero-order valence-corrected chi connectivity index (χ0v) is 15.7. The molecule has 8 heteroatoms. The number of H-pyrrole nitrogens is 1. The average molecular weight is 403 g/mol. The summed E-state index contributed by atoms with van der Waals surface area (Å²) in [5, 5.41) is 4.47. The number of nitrogens with zero attached hydrogens (tertiary/aromatic N) is 2. The fraction of sp³-hybridized carbons (Fsp3) is 0.158. The Morgan fingerprint density at radius 1 is 1.00 bits per heavy atom. The number of hydrogen-bond acceptors (Lipinski definition) is 4. The van der Waals surface area contributed by atoms with Crippen LogP contribution in [0.25, 0.3) is 5.69 Å². The number of anilines is 1. The van der Waals surface area contributed by atoms with Gasteiger partial charge in [-0.25, -0.2) is 9.36 Å². The summed E-state index contributed by atoms with van der Waals surface area (Å²) in [6.45, 7) is 1.47. The highest BCUT2D eigenvalue weighted by molar-refractivity contribution is 6.31. The first kappa shape index (κ1) is 17.9. The highest BCUT2D eigenvalue weighted by atomic mass is 35.5. The molecule has 1 aliphatic heterocycles. The second-order valence-corrected chi connectivity index (χ2v) is 7.16. The van der Waals surface area contributed by atoms with Gasteiger partial charge in [-0.05, 0) is 35.9 Å². The lowest BCUT2D eigenvalue weighted by atomic mass is 10.1. The van der Waals surface area contributed by atoms with Crippen molar-refractivity contribution in [3.05, 3.63) is 90.5 Å². The zero-order valence-electron chi connectivity index (χ0n) is 14.2. The number of benzene rings is 2. The fourth-order valence-electron chi connectivity index (χ4n) is 3.19. The molecule has 2 aromatic carbocycles. The van der Waals surface area contributed by atoms with Crippen molar-refractivity contribution in [2.24, 2.45) is 0 Å². The number of aromatic amines is 1. The minimum absolute atomic E-state index is 0.392. The van der Waals surface area contributed by atoms with Crippen molar-refractivity contribution in [2.45, 2.75) is 13.1 Å². The molecular formula is C19H16Cl2N4O2. The lowest BCUT2D eigenvalue weighted by Crippen LogP contribution is -2.42. The summed E-state index contributed by atoms with van der Waals surface area (Å²) in [4.78, 5) is 29.3. The monoisotopic (exact) mass is 402 g/mol. The smallest absolute Gasteiger partial charge is 0.334 e. The average Bonchev–Trinajstić information content (AvgIpc) is 2.65. The van der Waals surface area contributed by atoms with Gasteiger partial charge in [0.2, 0.25) is 0 Å². The van der Waals surface area contributed by atoms with Crippen LogP contribution in [0.3, 0.4) is 0 Å². The van der Waals surface area contributed by atoms with Gasteiger partial charge in [-0.1, -0.05) is 41.4 Å². The van der Waals surface area contributed by atoms with Crippen LogP contribution in [0.4, 0.5) is 5.82 Å². The number of fused-ring (bicyclic) bond motifs is 1. The Hall–Kier alpha value is -2.54. The van der Waals surface area contributed by atoms with Crippen LogP contribution < -0.4 is 16.6 Å². The largest absolute Gasteiger partial charge is 0.358 e. The predicted octanol–water partition coefficient (Wildman–Crippen LogP) is 3.22. The zero-order chi connectivity index (χ0) is 19.0. The Morgan fingerprint density at radius 2 is 1.74 bits per heavy atom. The van der Waals surface area contributed by atoms with Gasteiger partial charge >= 0.3 is 5.69 Å². The molecule has 0 bridgehead atoms. The minimum atomic E-state index is -0.492. The first-order chi connectivity index (χ1) is 13.0. The molecule has 2 heterocycles. The van der Waals surface area contributed by atoms with Crippen molar-refractivity contribution in [2.75, 3.05) is 12.0 Å². The van der Waals surface area contributed by atoms with Crippen LogP contribution in [-0.4, -0.2) is 21.1 Å². The fourth-order valence-corrected chi connectivity index (χ4v) is 3.51. The van der Waals surface area contributed by atoms with Gasteiger partial charge in [0.25, 0.3) is 5.56 Å². The third kappa shape index (κ3) is 3.51. The van der Waals surface area contributed by atoms with Crippen molar-refractivity contribution in [1.29, 1.82) is 0 Å². The lowest BCUT2D eigenvalue weighted by Gasteiger charge is -2.31. The van der Waals surface area contributed by atoms with Gasteiger partial charge in [-0.3, -0.25) is 14.7 Å². The molecule has 0 saturated heterocycles. The summed E-state index contributed by atoms with van der Waals surface area (Å²) in [6.07, 6.45) is 0. The minimum Gasteiger partial charge on any atom is -0.358 e. The summed E-state index contributed by atoms with van der Waals surface area (Å²) in [6, 6.07) is 14.5. The highest BCUT2D eigenvalue weighted by Gasteiger charge is 2.23.